The minimum Gasteiger partial charge on any atom is -0.368 e. The molecule has 10 nitrogen and oxygen atoms in total. The Morgan fingerprint density at radius 2 is 1.78 bits per heavy atom. The average Bonchev–Trinajstić information content (AvgIpc) is 3.66. The van der Waals surface area contributed by atoms with Crippen LogP contribution in [0, 0.1) is 34.5 Å². The highest BCUT2D eigenvalue weighted by Crippen LogP contribution is 2.65. The lowest BCUT2D eigenvalue weighted by molar-refractivity contribution is -0.146. The Labute approximate surface area is 241 Å². The van der Waals surface area contributed by atoms with Gasteiger partial charge in [-0.2, -0.15) is 0 Å². The molecule has 4 fully saturated rings. The van der Waals surface area contributed by atoms with Crippen LogP contribution in [0.1, 0.15) is 65.4 Å². The standard InChI is InChI=1S/C31H43N5O5/c1-30(2,3)24(35-27(39)19-14-18(19)16-9-7-6-8-10-16)29(41)36-15-20-22(31(20,4)5)23(36)28(40)34-21(25(32)37)13-17-11-12-33-26(17)38/h6-10,17-24H,11-15H2,1-5H3,(H2,32,37)(H,33,38)(H,34,40)(H,35,39)/t17-,18?,19+,20-,21-,22-,23-,24+/m0/s1. The first-order chi connectivity index (χ1) is 19.2. The van der Waals surface area contributed by atoms with E-state index in [0.29, 0.717) is 19.5 Å². The summed E-state index contributed by atoms with van der Waals surface area (Å²) in [5, 5.41) is 8.56. The van der Waals surface area contributed by atoms with E-state index in [1.165, 1.54) is 0 Å². The maximum atomic E-state index is 14.1. The third kappa shape index (κ3) is 5.57. The van der Waals surface area contributed by atoms with Crippen LogP contribution in [0.4, 0.5) is 0 Å². The quantitative estimate of drug-likeness (QED) is 0.356. The predicted octanol–water partition coefficient (Wildman–Crippen LogP) is 1.30. The second-order valence-electron chi connectivity index (χ2n) is 14.0. The van der Waals surface area contributed by atoms with Gasteiger partial charge in [-0.05, 0) is 53.4 Å². The van der Waals surface area contributed by atoms with E-state index < -0.39 is 41.3 Å². The van der Waals surface area contributed by atoms with Crippen molar-refractivity contribution < 1.29 is 24.0 Å². The predicted molar refractivity (Wildman–Crippen MR) is 152 cm³/mol. The maximum Gasteiger partial charge on any atom is 0.246 e. The fourth-order valence-electron chi connectivity index (χ4n) is 7.09. The first kappa shape index (κ1) is 29.1. The Hall–Kier alpha value is -3.43. The van der Waals surface area contributed by atoms with Gasteiger partial charge >= 0.3 is 0 Å². The molecule has 1 unspecified atom stereocenters. The van der Waals surface area contributed by atoms with E-state index in [1.807, 2.05) is 51.1 Å². The molecule has 5 N–H and O–H groups in total. The van der Waals surface area contributed by atoms with E-state index in [1.54, 1.807) is 4.90 Å². The number of primary amides is 1. The van der Waals surface area contributed by atoms with E-state index in [2.05, 4.69) is 29.8 Å². The summed E-state index contributed by atoms with van der Waals surface area (Å²) in [6.07, 6.45) is 1.43. The number of amides is 5. The molecule has 0 aromatic heterocycles. The van der Waals surface area contributed by atoms with Crippen molar-refractivity contribution in [1.82, 2.24) is 20.9 Å². The smallest absolute Gasteiger partial charge is 0.246 e. The van der Waals surface area contributed by atoms with Gasteiger partial charge in [0.2, 0.25) is 29.5 Å². The van der Waals surface area contributed by atoms with E-state index in [9.17, 15) is 24.0 Å². The molecule has 4 aliphatic rings. The highest BCUT2D eigenvalue weighted by Gasteiger charge is 2.70. The zero-order valence-corrected chi connectivity index (χ0v) is 24.6. The number of nitrogens with zero attached hydrogens (tertiary/aromatic N) is 1. The Balaban J connectivity index is 1.31. The van der Waals surface area contributed by atoms with Crippen LogP contribution in [0.3, 0.4) is 0 Å². The van der Waals surface area contributed by atoms with Gasteiger partial charge < -0.3 is 26.6 Å². The molecule has 222 valence electrons. The van der Waals surface area contributed by atoms with Crippen molar-refractivity contribution in [2.75, 3.05) is 13.1 Å². The normalized spacial score (nSPS) is 31.0. The van der Waals surface area contributed by atoms with Crippen LogP contribution >= 0.6 is 0 Å². The van der Waals surface area contributed by atoms with Crippen LogP contribution < -0.4 is 21.7 Å². The molecule has 1 aromatic carbocycles. The lowest BCUT2D eigenvalue weighted by atomic mass is 9.85. The number of carbonyl (C=O) groups excluding carboxylic acids is 5. The molecule has 0 bridgehead atoms. The van der Waals surface area contributed by atoms with Crippen molar-refractivity contribution in [3.05, 3.63) is 35.9 Å². The number of hydrogen-bond donors (Lipinski definition) is 4. The van der Waals surface area contributed by atoms with Crippen molar-refractivity contribution in [3.63, 3.8) is 0 Å². The molecule has 8 atom stereocenters. The third-order valence-corrected chi connectivity index (χ3v) is 9.86. The lowest BCUT2D eigenvalue weighted by Gasteiger charge is -2.38. The summed E-state index contributed by atoms with van der Waals surface area (Å²) in [4.78, 5) is 67.2. The summed E-state index contributed by atoms with van der Waals surface area (Å²) in [6.45, 7) is 10.8. The summed E-state index contributed by atoms with van der Waals surface area (Å²) in [5.41, 5.74) is 6.02. The van der Waals surface area contributed by atoms with Crippen LogP contribution in [-0.4, -0.2) is 65.7 Å². The van der Waals surface area contributed by atoms with Crippen LogP contribution in [0.25, 0.3) is 0 Å². The molecule has 2 aliphatic carbocycles. The monoisotopic (exact) mass is 565 g/mol. The molecular formula is C31H43N5O5. The molecule has 2 saturated carbocycles. The Morgan fingerprint density at radius 3 is 2.37 bits per heavy atom. The zero-order chi connectivity index (χ0) is 29.9. The topological polar surface area (TPSA) is 151 Å². The second-order valence-corrected chi connectivity index (χ2v) is 14.0. The largest absolute Gasteiger partial charge is 0.368 e. The van der Waals surface area contributed by atoms with Gasteiger partial charge in [-0.25, -0.2) is 0 Å². The van der Waals surface area contributed by atoms with Crippen molar-refractivity contribution in [3.8, 4) is 0 Å². The molecule has 41 heavy (non-hydrogen) atoms. The average molecular weight is 566 g/mol. The molecule has 2 aliphatic heterocycles. The molecule has 0 spiro atoms. The molecule has 2 heterocycles. The highest BCUT2D eigenvalue weighted by molar-refractivity contribution is 5.96. The van der Waals surface area contributed by atoms with Crippen molar-refractivity contribution in [2.45, 2.75) is 77.9 Å². The van der Waals surface area contributed by atoms with Gasteiger partial charge in [0, 0.05) is 24.9 Å². The molecule has 5 rings (SSSR count). The minimum atomic E-state index is -1.02. The SMILES string of the molecule is CC(C)(C)[C@H](NC(=O)[C@@H]1CC1c1ccccc1)C(=O)N1C[C@H]2[C@@H]([C@H]1C(=O)N[C@@H](C[C@@H]1CCNC1=O)C(N)=O)C2(C)C. The summed E-state index contributed by atoms with van der Waals surface area (Å²) >= 11 is 0. The number of fused-ring (bicyclic) bond motifs is 1. The zero-order valence-electron chi connectivity index (χ0n) is 24.6. The number of rotatable bonds is 9. The number of likely N-dealkylation sites (tertiary alicyclic amines) is 1. The Kier molecular flexibility index (Phi) is 7.40. The van der Waals surface area contributed by atoms with Crippen LogP contribution in [0.2, 0.25) is 0 Å². The first-order valence-electron chi connectivity index (χ1n) is 14.7. The van der Waals surface area contributed by atoms with E-state index in [4.69, 9.17) is 5.73 Å². The number of nitrogens with one attached hydrogen (secondary N) is 3. The van der Waals surface area contributed by atoms with Gasteiger partial charge in [-0.1, -0.05) is 65.0 Å². The third-order valence-electron chi connectivity index (χ3n) is 9.86. The number of carbonyl (C=O) groups is 5. The number of benzene rings is 1. The van der Waals surface area contributed by atoms with Gasteiger partial charge in [0.25, 0.3) is 0 Å². The Bertz CT molecular complexity index is 1240. The lowest BCUT2D eigenvalue weighted by Crippen LogP contribution is -2.60. The fraction of sp³-hybridized carbons (Fsp3) is 0.645. The van der Waals surface area contributed by atoms with Crippen LogP contribution in [0.15, 0.2) is 30.3 Å². The minimum absolute atomic E-state index is 0.0723. The molecule has 10 heteroatoms. The molecule has 5 amide bonds. The number of piperidine rings is 1. The van der Waals surface area contributed by atoms with Crippen LogP contribution in [0.5, 0.6) is 0 Å². The summed E-state index contributed by atoms with van der Waals surface area (Å²) in [5.74, 6) is -2.14. The van der Waals surface area contributed by atoms with E-state index in [-0.39, 0.29) is 53.2 Å². The molecule has 1 aromatic rings. The summed E-state index contributed by atoms with van der Waals surface area (Å²) < 4.78 is 0. The van der Waals surface area contributed by atoms with Crippen molar-refractivity contribution in [2.24, 2.45) is 40.2 Å². The van der Waals surface area contributed by atoms with Crippen molar-refractivity contribution in [1.29, 1.82) is 0 Å². The molecule has 0 radical (unpaired) electrons. The highest BCUT2D eigenvalue weighted by atomic mass is 16.2. The Morgan fingerprint density at radius 1 is 1.10 bits per heavy atom. The van der Waals surface area contributed by atoms with Gasteiger partial charge in [-0.15, -0.1) is 0 Å². The maximum absolute atomic E-state index is 14.1. The summed E-state index contributed by atoms with van der Waals surface area (Å²) in [6, 6.07) is 7.27. The summed E-state index contributed by atoms with van der Waals surface area (Å²) in [7, 11) is 0. The molecular weight excluding hydrogens is 522 g/mol. The van der Waals surface area contributed by atoms with Gasteiger partial charge in [0.1, 0.15) is 18.1 Å². The van der Waals surface area contributed by atoms with Crippen LogP contribution in [-0.2, 0) is 24.0 Å². The van der Waals surface area contributed by atoms with Gasteiger partial charge in [0.05, 0.1) is 0 Å². The van der Waals surface area contributed by atoms with Gasteiger partial charge in [-0.3, -0.25) is 24.0 Å². The van der Waals surface area contributed by atoms with Gasteiger partial charge in [0.15, 0.2) is 0 Å². The molecule has 2 saturated heterocycles. The fourth-order valence-corrected chi connectivity index (χ4v) is 7.09. The first-order valence-corrected chi connectivity index (χ1v) is 14.7. The number of hydrogen-bond acceptors (Lipinski definition) is 5. The van der Waals surface area contributed by atoms with E-state index >= 15 is 0 Å². The number of nitrogens with two attached hydrogens (primary N) is 1. The second kappa shape index (κ2) is 10.4. The van der Waals surface area contributed by atoms with Crippen molar-refractivity contribution >= 4 is 29.5 Å². The van der Waals surface area contributed by atoms with E-state index in [0.717, 1.165) is 12.0 Å².